The summed E-state index contributed by atoms with van der Waals surface area (Å²) in [6.07, 6.45) is 4.15. The number of nitrogens with one attached hydrogen (secondary N) is 1. The largest absolute Gasteiger partial charge is 0.455 e. The highest BCUT2D eigenvalue weighted by atomic mass is 19.1. The standard InChI is InChI=1S/C18H20F2N2O4/c19-12-5-6-14(20)15(8-12)21-16(23)10-26-18(25)11-7-17(24)22(9-11)13-3-1-2-4-13/h5-6,8,11,13H,1-4,7,9-10H2,(H,21,23)/t11-/m0/s1. The average Bonchev–Trinajstić information content (AvgIpc) is 3.25. The van der Waals surface area contributed by atoms with Crippen molar-refractivity contribution in [2.75, 3.05) is 18.5 Å². The summed E-state index contributed by atoms with van der Waals surface area (Å²) in [5, 5.41) is 2.15. The normalized spacial score (nSPS) is 20.5. The highest BCUT2D eigenvalue weighted by molar-refractivity contribution is 5.93. The van der Waals surface area contributed by atoms with Crippen LogP contribution in [0, 0.1) is 17.6 Å². The molecule has 0 radical (unpaired) electrons. The Labute approximate surface area is 149 Å². The molecule has 1 saturated heterocycles. The summed E-state index contributed by atoms with van der Waals surface area (Å²) >= 11 is 0. The number of likely N-dealkylation sites (tertiary alicyclic amines) is 1. The molecule has 2 aliphatic rings. The first kappa shape index (κ1) is 18.3. The number of carbonyl (C=O) groups is 3. The number of amides is 2. The van der Waals surface area contributed by atoms with Crippen molar-refractivity contribution in [2.45, 2.75) is 38.1 Å². The summed E-state index contributed by atoms with van der Waals surface area (Å²) < 4.78 is 31.5. The zero-order chi connectivity index (χ0) is 18.7. The lowest BCUT2D eigenvalue weighted by molar-refractivity contribution is -0.151. The van der Waals surface area contributed by atoms with Crippen molar-refractivity contribution in [3.63, 3.8) is 0 Å². The van der Waals surface area contributed by atoms with Gasteiger partial charge < -0.3 is 15.0 Å². The van der Waals surface area contributed by atoms with Crippen LogP contribution in [0.15, 0.2) is 18.2 Å². The van der Waals surface area contributed by atoms with Crippen molar-refractivity contribution in [1.29, 1.82) is 0 Å². The van der Waals surface area contributed by atoms with Gasteiger partial charge in [-0.05, 0) is 25.0 Å². The quantitative estimate of drug-likeness (QED) is 0.811. The van der Waals surface area contributed by atoms with Gasteiger partial charge in [-0.1, -0.05) is 12.8 Å². The van der Waals surface area contributed by atoms with Crippen LogP contribution in [0.2, 0.25) is 0 Å². The van der Waals surface area contributed by atoms with E-state index in [1.807, 2.05) is 0 Å². The van der Waals surface area contributed by atoms with Crippen LogP contribution in [0.3, 0.4) is 0 Å². The first-order valence-corrected chi connectivity index (χ1v) is 8.65. The van der Waals surface area contributed by atoms with Crippen LogP contribution in [0.4, 0.5) is 14.5 Å². The number of carbonyl (C=O) groups excluding carboxylic acids is 3. The zero-order valence-corrected chi connectivity index (χ0v) is 14.2. The topological polar surface area (TPSA) is 75.7 Å². The summed E-state index contributed by atoms with van der Waals surface area (Å²) in [7, 11) is 0. The van der Waals surface area contributed by atoms with Gasteiger partial charge >= 0.3 is 5.97 Å². The van der Waals surface area contributed by atoms with E-state index in [4.69, 9.17) is 4.74 Å². The number of hydrogen-bond donors (Lipinski definition) is 1. The third kappa shape index (κ3) is 4.17. The Morgan fingerprint density at radius 1 is 1.23 bits per heavy atom. The average molecular weight is 366 g/mol. The van der Waals surface area contributed by atoms with Crippen molar-refractivity contribution in [1.82, 2.24) is 4.90 Å². The van der Waals surface area contributed by atoms with E-state index in [2.05, 4.69) is 5.32 Å². The summed E-state index contributed by atoms with van der Waals surface area (Å²) in [4.78, 5) is 37.7. The Kier molecular flexibility index (Phi) is 5.49. The summed E-state index contributed by atoms with van der Waals surface area (Å²) in [6.45, 7) is -0.314. The Morgan fingerprint density at radius 2 is 1.96 bits per heavy atom. The van der Waals surface area contributed by atoms with E-state index in [0.717, 1.165) is 43.9 Å². The minimum absolute atomic E-state index is 0.0647. The minimum Gasteiger partial charge on any atom is -0.455 e. The molecule has 1 saturated carbocycles. The van der Waals surface area contributed by atoms with Gasteiger partial charge in [-0.3, -0.25) is 14.4 Å². The lowest BCUT2D eigenvalue weighted by Crippen LogP contribution is -2.35. The fraction of sp³-hybridized carbons (Fsp3) is 0.500. The van der Waals surface area contributed by atoms with Gasteiger partial charge in [-0.2, -0.15) is 0 Å². The molecule has 0 bridgehead atoms. The predicted octanol–water partition coefficient (Wildman–Crippen LogP) is 2.24. The first-order valence-electron chi connectivity index (χ1n) is 8.65. The van der Waals surface area contributed by atoms with Crippen LogP contribution in [0.25, 0.3) is 0 Å². The lowest BCUT2D eigenvalue weighted by atomic mass is 10.1. The Balaban J connectivity index is 1.48. The van der Waals surface area contributed by atoms with Gasteiger partial charge in [-0.15, -0.1) is 0 Å². The maximum atomic E-state index is 13.5. The van der Waals surface area contributed by atoms with E-state index in [0.29, 0.717) is 6.54 Å². The van der Waals surface area contributed by atoms with Gasteiger partial charge in [0.1, 0.15) is 11.6 Å². The maximum Gasteiger partial charge on any atom is 0.311 e. The van der Waals surface area contributed by atoms with Crippen molar-refractivity contribution in [3.8, 4) is 0 Å². The molecule has 140 valence electrons. The predicted molar refractivity (Wildman–Crippen MR) is 88.0 cm³/mol. The Hall–Kier alpha value is -2.51. The molecule has 1 aromatic carbocycles. The molecule has 0 aromatic heterocycles. The van der Waals surface area contributed by atoms with E-state index in [1.54, 1.807) is 4.90 Å². The third-order valence-electron chi connectivity index (χ3n) is 4.81. The third-order valence-corrected chi connectivity index (χ3v) is 4.81. The molecule has 2 fully saturated rings. The van der Waals surface area contributed by atoms with Crippen molar-refractivity contribution >= 4 is 23.5 Å². The fourth-order valence-corrected chi connectivity index (χ4v) is 3.49. The minimum atomic E-state index is -0.792. The smallest absolute Gasteiger partial charge is 0.311 e. The summed E-state index contributed by atoms with van der Waals surface area (Å²) in [5.74, 6) is -3.56. The number of hydrogen-bond acceptors (Lipinski definition) is 4. The van der Waals surface area contributed by atoms with Gasteiger partial charge in [0.15, 0.2) is 6.61 Å². The molecule has 0 spiro atoms. The van der Waals surface area contributed by atoms with E-state index < -0.39 is 36.0 Å². The highest BCUT2D eigenvalue weighted by Gasteiger charge is 2.39. The van der Waals surface area contributed by atoms with Crippen LogP contribution in [0.5, 0.6) is 0 Å². The number of ether oxygens (including phenoxy) is 1. The van der Waals surface area contributed by atoms with Crippen LogP contribution in [-0.4, -0.2) is 41.9 Å². The molecule has 1 aromatic rings. The number of nitrogens with zero attached hydrogens (tertiary/aromatic N) is 1. The van der Waals surface area contributed by atoms with Gasteiger partial charge in [0, 0.05) is 25.1 Å². The van der Waals surface area contributed by atoms with Crippen molar-refractivity contribution in [3.05, 3.63) is 29.8 Å². The molecule has 2 amide bonds. The Bertz CT molecular complexity index is 719. The molecule has 26 heavy (non-hydrogen) atoms. The highest BCUT2D eigenvalue weighted by Crippen LogP contribution is 2.29. The molecular weight excluding hydrogens is 346 g/mol. The monoisotopic (exact) mass is 366 g/mol. The molecule has 3 rings (SSSR count). The number of rotatable bonds is 5. The van der Waals surface area contributed by atoms with E-state index in [9.17, 15) is 23.2 Å². The summed E-state index contributed by atoms with van der Waals surface area (Å²) in [6, 6.07) is 2.85. The van der Waals surface area contributed by atoms with Crippen LogP contribution in [0.1, 0.15) is 32.1 Å². The molecule has 6 nitrogen and oxygen atoms in total. The second-order valence-electron chi connectivity index (χ2n) is 6.67. The fourth-order valence-electron chi connectivity index (χ4n) is 3.49. The summed E-state index contributed by atoms with van der Waals surface area (Å²) in [5.41, 5.74) is -0.325. The Morgan fingerprint density at radius 3 is 2.69 bits per heavy atom. The molecule has 1 atom stereocenters. The number of esters is 1. The molecular formula is C18H20F2N2O4. The van der Waals surface area contributed by atoms with Gasteiger partial charge in [0.25, 0.3) is 5.91 Å². The second kappa shape index (κ2) is 7.80. The van der Waals surface area contributed by atoms with Gasteiger partial charge in [-0.25, -0.2) is 8.78 Å². The van der Waals surface area contributed by atoms with Gasteiger partial charge in [0.2, 0.25) is 5.91 Å². The number of anilines is 1. The number of benzene rings is 1. The van der Waals surface area contributed by atoms with Gasteiger partial charge in [0.05, 0.1) is 11.6 Å². The first-order chi connectivity index (χ1) is 12.4. The van der Waals surface area contributed by atoms with E-state index in [-0.39, 0.29) is 24.1 Å². The molecule has 8 heteroatoms. The molecule has 1 heterocycles. The van der Waals surface area contributed by atoms with Crippen LogP contribution < -0.4 is 5.32 Å². The van der Waals surface area contributed by atoms with Crippen LogP contribution >= 0.6 is 0 Å². The van der Waals surface area contributed by atoms with E-state index in [1.165, 1.54) is 0 Å². The zero-order valence-electron chi connectivity index (χ0n) is 14.2. The molecule has 1 N–H and O–H groups in total. The molecule has 1 aliphatic heterocycles. The van der Waals surface area contributed by atoms with Crippen molar-refractivity contribution < 1.29 is 27.9 Å². The van der Waals surface area contributed by atoms with Crippen LogP contribution in [-0.2, 0) is 19.1 Å². The maximum absolute atomic E-state index is 13.5. The lowest BCUT2D eigenvalue weighted by Gasteiger charge is -2.23. The van der Waals surface area contributed by atoms with Crippen molar-refractivity contribution in [2.24, 2.45) is 5.92 Å². The SMILES string of the molecule is O=C(COC(=O)[C@H]1CC(=O)N(C2CCCC2)C1)Nc1cc(F)ccc1F. The molecule has 1 aliphatic carbocycles. The molecule has 0 unspecified atom stereocenters. The van der Waals surface area contributed by atoms with E-state index >= 15 is 0 Å². The number of halogens is 2. The second-order valence-corrected chi connectivity index (χ2v) is 6.67.